The number of amides is 2. The van der Waals surface area contributed by atoms with E-state index < -0.39 is 47.6 Å². The molecule has 0 spiro atoms. The summed E-state index contributed by atoms with van der Waals surface area (Å²) in [6, 6.07) is 7.94. The zero-order valence-corrected chi connectivity index (χ0v) is 26.0. The smallest absolute Gasteiger partial charge is 0.262 e. The molecule has 2 amide bonds. The SMILES string of the molecule is CO[C@H](/C(C)=C/C=C/CN1C(=O)c2ccccc2C1=O)[C@@H](C)C1OC(/C=C/C=C/C=C(\C)C(=O)c2c(O)cc[nH]c2=O)[C@H](O)[C@@H]1O. The van der Waals surface area contributed by atoms with Crippen molar-refractivity contribution in [2.45, 2.75) is 51.3 Å². The van der Waals surface area contributed by atoms with E-state index in [2.05, 4.69) is 4.98 Å². The Bertz CT molecular complexity index is 1650. The largest absolute Gasteiger partial charge is 0.507 e. The molecule has 0 bridgehead atoms. The van der Waals surface area contributed by atoms with Crippen LogP contribution in [0.5, 0.6) is 5.75 Å². The summed E-state index contributed by atoms with van der Waals surface area (Å²) >= 11 is 0. The molecular weight excluding hydrogens is 592 g/mol. The summed E-state index contributed by atoms with van der Waals surface area (Å²) in [7, 11) is 1.54. The van der Waals surface area contributed by atoms with Gasteiger partial charge in [0, 0.05) is 25.8 Å². The Morgan fingerprint density at radius 1 is 1.00 bits per heavy atom. The number of imide groups is 1. The molecular formula is C35H38N2O9. The number of ketones is 1. The van der Waals surface area contributed by atoms with E-state index in [4.69, 9.17) is 9.47 Å². The number of benzene rings is 1. The van der Waals surface area contributed by atoms with Crippen molar-refractivity contribution < 1.29 is 39.2 Å². The molecule has 1 saturated heterocycles. The van der Waals surface area contributed by atoms with E-state index in [1.165, 1.54) is 37.3 Å². The molecule has 2 aliphatic rings. The average Bonchev–Trinajstić information content (AvgIpc) is 3.45. The van der Waals surface area contributed by atoms with Crippen LogP contribution < -0.4 is 5.56 Å². The van der Waals surface area contributed by atoms with Gasteiger partial charge in [-0.05, 0) is 43.2 Å². The van der Waals surface area contributed by atoms with Crippen molar-refractivity contribution in [1.82, 2.24) is 9.88 Å². The molecule has 0 saturated carbocycles. The van der Waals surface area contributed by atoms with E-state index in [1.54, 1.807) is 66.8 Å². The number of aromatic amines is 1. The number of aromatic hydroxyl groups is 1. The fourth-order valence-corrected chi connectivity index (χ4v) is 5.60. The molecule has 0 aliphatic carbocycles. The Kier molecular flexibility index (Phi) is 11.2. The lowest BCUT2D eigenvalue weighted by Gasteiger charge is -2.29. The number of aromatic nitrogens is 1. The molecule has 2 aromatic rings. The lowest BCUT2D eigenvalue weighted by Crippen LogP contribution is -2.40. The zero-order chi connectivity index (χ0) is 33.5. The number of hydrogen-bond donors (Lipinski definition) is 4. The van der Waals surface area contributed by atoms with Crippen LogP contribution in [0.4, 0.5) is 0 Å². The predicted octanol–water partition coefficient (Wildman–Crippen LogP) is 3.26. The summed E-state index contributed by atoms with van der Waals surface area (Å²) in [4.78, 5) is 53.1. The third kappa shape index (κ3) is 7.24. The minimum absolute atomic E-state index is 0.116. The molecule has 1 fully saturated rings. The maximum absolute atomic E-state index is 12.6. The molecule has 3 heterocycles. The number of aliphatic hydroxyl groups is 2. The first-order valence-electron chi connectivity index (χ1n) is 14.8. The Labute approximate surface area is 266 Å². The summed E-state index contributed by atoms with van der Waals surface area (Å²) in [6.07, 6.45) is 9.93. The molecule has 1 aromatic heterocycles. The fraction of sp³-hybridized carbons (Fsp3) is 0.314. The number of aliphatic hydroxyl groups excluding tert-OH is 2. The van der Waals surface area contributed by atoms with E-state index in [0.717, 1.165) is 5.57 Å². The highest BCUT2D eigenvalue weighted by molar-refractivity contribution is 6.21. The van der Waals surface area contributed by atoms with Gasteiger partial charge in [-0.1, -0.05) is 67.7 Å². The van der Waals surface area contributed by atoms with Gasteiger partial charge in [-0.15, -0.1) is 0 Å². The number of methoxy groups -OCH3 is 1. The van der Waals surface area contributed by atoms with E-state index in [1.807, 2.05) is 13.8 Å². The lowest BCUT2D eigenvalue weighted by atomic mass is 9.89. The third-order valence-corrected chi connectivity index (χ3v) is 8.09. The number of carbonyl (C=O) groups is 3. The van der Waals surface area contributed by atoms with Gasteiger partial charge < -0.3 is 29.8 Å². The normalized spacial score (nSPS) is 23.7. The first-order valence-corrected chi connectivity index (χ1v) is 14.8. The van der Waals surface area contributed by atoms with Crippen LogP contribution in [0.1, 0.15) is 51.8 Å². The number of fused-ring (bicyclic) bond motifs is 1. The number of carbonyl (C=O) groups excluding carboxylic acids is 3. The van der Waals surface area contributed by atoms with Crippen molar-refractivity contribution in [3.05, 3.63) is 123 Å². The second-order valence-electron chi connectivity index (χ2n) is 11.2. The van der Waals surface area contributed by atoms with Crippen LogP contribution in [0.25, 0.3) is 0 Å². The summed E-state index contributed by atoms with van der Waals surface area (Å²) in [5.74, 6) is -2.04. The van der Waals surface area contributed by atoms with Gasteiger partial charge in [0.15, 0.2) is 5.78 Å². The van der Waals surface area contributed by atoms with Gasteiger partial charge in [0.25, 0.3) is 17.4 Å². The minimum atomic E-state index is -1.19. The zero-order valence-electron chi connectivity index (χ0n) is 26.0. The number of nitrogens with one attached hydrogen (secondary N) is 1. The number of nitrogens with zero attached hydrogens (tertiary/aromatic N) is 1. The van der Waals surface area contributed by atoms with Crippen molar-refractivity contribution in [2.24, 2.45) is 5.92 Å². The average molecular weight is 631 g/mol. The Hall–Kier alpha value is -4.68. The molecule has 242 valence electrons. The quantitative estimate of drug-likeness (QED) is 0.119. The van der Waals surface area contributed by atoms with Crippen molar-refractivity contribution in [2.75, 3.05) is 13.7 Å². The molecule has 11 heteroatoms. The Balaban J connectivity index is 1.34. The number of rotatable bonds is 12. The Morgan fingerprint density at radius 2 is 1.67 bits per heavy atom. The topological polar surface area (TPSA) is 166 Å². The number of H-pyrrole nitrogens is 1. The molecule has 4 N–H and O–H groups in total. The summed E-state index contributed by atoms with van der Waals surface area (Å²) < 4.78 is 11.7. The van der Waals surface area contributed by atoms with Crippen LogP contribution in [-0.4, -0.2) is 87.0 Å². The van der Waals surface area contributed by atoms with Crippen molar-refractivity contribution in [3.8, 4) is 5.75 Å². The monoisotopic (exact) mass is 630 g/mol. The second-order valence-corrected chi connectivity index (χ2v) is 11.2. The van der Waals surface area contributed by atoms with Gasteiger partial charge in [-0.2, -0.15) is 0 Å². The van der Waals surface area contributed by atoms with E-state index in [0.29, 0.717) is 11.1 Å². The van der Waals surface area contributed by atoms with Gasteiger partial charge in [0.1, 0.15) is 29.6 Å². The van der Waals surface area contributed by atoms with E-state index in [-0.39, 0.29) is 35.4 Å². The van der Waals surface area contributed by atoms with Crippen LogP contribution in [0, 0.1) is 5.92 Å². The van der Waals surface area contributed by atoms with Crippen LogP contribution in [0.2, 0.25) is 0 Å². The van der Waals surface area contributed by atoms with E-state index in [9.17, 15) is 34.5 Å². The fourth-order valence-electron chi connectivity index (χ4n) is 5.60. The van der Waals surface area contributed by atoms with Crippen molar-refractivity contribution in [3.63, 3.8) is 0 Å². The lowest BCUT2D eigenvalue weighted by molar-refractivity contribution is -0.0515. The highest BCUT2D eigenvalue weighted by atomic mass is 16.5. The maximum atomic E-state index is 12.6. The van der Waals surface area contributed by atoms with E-state index >= 15 is 0 Å². The summed E-state index contributed by atoms with van der Waals surface area (Å²) in [5.41, 5.74) is 0.798. The molecule has 2 aliphatic heterocycles. The molecule has 2 unspecified atom stereocenters. The standard InChI is InChI=1S/C35H38N2O9/c1-20(28(39)27-25(38)17-18-36-33(27)42)12-6-5-7-16-26-29(40)30(41)32(46-26)22(3)31(45-4)21(2)13-10-11-19-37-34(43)23-14-8-9-15-24(23)35(37)44/h5-18,22,26,29-32,40-41H,19H2,1-4H3,(H2,36,38,42)/b6-5+,11-10+,16-7+,20-12+,21-13+/t22-,26?,29+,30+,31-,32?/m1/s1. The number of ether oxygens (including phenoxy) is 2. The van der Waals surface area contributed by atoms with Gasteiger partial charge in [-0.3, -0.25) is 24.1 Å². The van der Waals surface area contributed by atoms with Crippen LogP contribution in [0.15, 0.2) is 101 Å². The second kappa shape index (κ2) is 15.1. The molecule has 4 rings (SSSR count). The number of hydrogen-bond acceptors (Lipinski definition) is 9. The third-order valence-electron chi connectivity index (χ3n) is 8.09. The van der Waals surface area contributed by atoms with Gasteiger partial charge in [0.2, 0.25) is 0 Å². The predicted molar refractivity (Wildman–Crippen MR) is 170 cm³/mol. The Morgan fingerprint density at radius 3 is 2.30 bits per heavy atom. The number of pyridine rings is 1. The van der Waals surface area contributed by atoms with Gasteiger partial charge in [-0.25, -0.2) is 0 Å². The first-order chi connectivity index (χ1) is 22.0. The minimum Gasteiger partial charge on any atom is -0.507 e. The number of allylic oxidation sites excluding steroid dienone is 7. The van der Waals surface area contributed by atoms with Crippen molar-refractivity contribution >= 4 is 17.6 Å². The summed E-state index contributed by atoms with van der Waals surface area (Å²) in [5, 5.41) is 31.3. The van der Waals surface area contributed by atoms with Crippen LogP contribution in [0.3, 0.4) is 0 Å². The van der Waals surface area contributed by atoms with Gasteiger partial charge in [0.05, 0.1) is 23.3 Å². The highest BCUT2D eigenvalue weighted by Gasteiger charge is 2.46. The number of Topliss-reactive ketones (excluding diaryl/α,β-unsaturated/α-hetero) is 1. The summed E-state index contributed by atoms with van der Waals surface area (Å²) in [6.45, 7) is 5.33. The van der Waals surface area contributed by atoms with Crippen LogP contribution in [-0.2, 0) is 9.47 Å². The first kappa shape index (κ1) is 34.2. The van der Waals surface area contributed by atoms with Crippen LogP contribution >= 0.6 is 0 Å². The molecule has 11 nitrogen and oxygen atoms in total. The van der Waals surface area contributed by atoms with Crippen molar-refractivity contribution in [1.29, 1.82) is 0 Å². The molecule has 6 atom stereocenters. The van der Waals surface area contributed by atoms with Gasteiger partial charge >= 0.3 is 0 Å². The highest BCUT2D eigenvalue weighted by Crippen LogP contribution is 2.32. The molecule has 46 heavy (non-hydrogen) atoms. The maximum Gasteiger partial charge on any atom is 0.262 e. The molecule has 1 aromatic carbocycles. The molecule has 0 radical (unpaired) electrons.